The molecule has 3 nitrogen and oxygen atoms in total. The molecule has 2 rings (SSSR count). The number of hydrogen-bond acceptors (Lipinski definition) is 3. The molecular weight excluding hydrogens is 208 g/mol. The molecule has 1 heterocycles. The molecule has 1 aliphatic rings. The molecule has 1 aromatic rings. The van der Waals surface area contributed by atoms with E-state index in [4.69, 9.17) is 5.73 Å². The van der Waals surface area contributed by atoms with Gasteiger partial charge in [0.15, 0.2) is 0 Å². The van der Waals surface area contributed by atoms with E-state index in [-0.39, 0.29) is 11.9 Å². The van der Waals surface area contributed by atoms with E-state index >= 15 is 0 Å². The number of hydrogen-bond donors (Lipinski definition) is 1. The second-order valence-corrected chi connectivity index (χ2v) is 4.90. The van der Waals surface area contributed by atoms with E-state index in [2.05, 4.69) is 11.4 Å². The molecule has 0 bridgehead atoms. The third-order valence-corrected chi connectivity index (χ3v) is 3.33. The van der Waals surface area contributed by atoms with Crippen molar-refractivity contribution in [2.24, 2.45) is 5.73 Å². The Morgan fingerprint density at radius 1 is 1.73 bits per heavy atom. The zero-order chi connectivity index (χ0) is 10.8. The normalized spacial score (nSPS) is 17.5. The second-order valence-electron chi connectivity index (χ2n) is 4.12. The van der Waals surface area contributed by atoms with Gasteiger partial charge in [0.2, 0.25) is 5.91 Å². The Hall–Kier alpha value is -0.870. The van der Waals surface area contributed by atoms with Crippen LogP contribution in [0.3, 0.4) is 0 Å². The van der Waals surface area contributed by atoms with Gasteiger partial charge >= 0.3 is 0 Å². The van der Waals surface area contributed by atoms with Gasteiger partial charge in [-0.05, 0) is 42.2 Å². The average Bonchev–Trinajstić information content (AvgIpc) is 2.92. The average molecular weight is 224 g/mol. The lowest BCUT2D eigenvalue weighted by Crippen LogP contribution is -2.42. The third-order valence-electron chi connectivity index (χ3n) is 2.59. The van der Waals surface area contributed by atoms with Gasteiger partial charge in [-0.2, -0.15) is 11.3 Å². The van der Waals surface area contributed by atoms with E-state index in [1.54, 1.807) is 18.3 Å². The van der Waals surface area contributed by atoms with Gasteiger partial charge in [-0.1, -0.05) is 0 Å². The Bertz CT molecular complexity index is 330. The summed E-state index contributed by atoms with van der Waals surface area (Å²) in [6, 6.07) is 2.11. The monoisotopic (exact) mass is 224 g/mol. The maximum atomic E-state index is 11.9. The van der Waals surface area contributed by atoms with Gasteiger partial charge in [-0.25, -0.2) is 0 Å². The topological polar surface area (TPSA) is 46.3 Å². The van der Waals surface area contributed by atoms with Gasteiger partial charge in [-0.3, -0.25) is 4.79 Å². The van der Waals surface area contributed by atoms with Crippen molar-refractivity contribution in [1.82, 2.24) is 4.90 Å². The predicted octanol–water partition coefficient (Wildman–Crippen LogP) is 1.59. The van der Waals surface area contributed by atoms with Crippen LogP contribution in [-0.2, 0) is 11.3 Å². The number of carbonyl (C=O) groups is 1. The highest BCUT2D eigenvalue weighted by Crippen LogP contribution is 2.29. The molecule has 1 aromatic heterocycles. The second kappa shape index (κ2) is 4.33. The smallest absolute Gasteiger partial charge is 0.239 e. The van der Waals surface area contributed by atoms with Crippen LogP contribution in [0.5, 0.6) is 0 Å². The molecule has 0 radical (unpaired) electrons. The number of rotatable bonds is 4. The molecule has 4 heteroatoms. The van der Waals surface area contributed by atoms with Gasteiger partial charge in [0.05, 0.1) is 6.04 Å². The Labute approximate surface area is 93.9 Å². The fourth-order valence-corrected chi connectivity index (χ4v) is 2.27. The maximum Gasteiger partial charge on any atom is 0.239 e. The van der Waals surface area contributed by atoms with Crippen LogP contribution in [0.25, 0.3) is 0 Å². The Morgan fingerprint density at radius 3 is 2.93 bits per heavy atom. The minimum atomic E-state index is -0.385. The quantitative estimate of drug-likeness (QED) is 0.844. The van der Waals surface area contributed by atoms with Crippen LogP contribution in [0.15, 0.2) is 16.8 Å². The third kappa shape index (κ3) is 2.58. The fraction of sp³-hybridized carbons (Fsp3) is 0.545. The summed E-state index contributed by atoms with van der Waals surface area (Å²) >= 11 is 1.66. The molecule has 0 saturated heterocycles. The maximum absolute atomic E-state index is 11.9. The lowest BCUT2D eigenvalue weighted by Gasteiger charge is -2.23. The first-order chi connectivity index (χ1) is 7.18. The molecule has 15 heavy (non-hydrogen) atoms. The summed E-state index contributed by atoms with van der Waals surface area (Å²) < 4.78 is 0. The van der Waals surface area contributed by atoms with Crippen LogP contribution in [0.2, 0.25) is 0 Å². The van der Waals surface area contributed by atoms with Gasteiger partial charge in [0.25, 0.3) is 0 Å². The summed E-state index contributed by atoms with van der Waals surface area (Å²) in [4.78, 5) is 13.8. The molecule has 1 saturated carbocycles. The van der Waals surface area contributed by atoms with Crippen LogP contribution in [-0.4, -0.2) is 22.9 Å². The molecule has 1 atom stereocenters. The molecule has 1 aliphatic carbocycles. The lowest BCUT2D eigenvalue weighted by atomic mass is 10.2. The van der Waals surface area contributed by atoms with Gasteiger partial charge in [-0.15, -0.1) is 0 Å². The standard InChI is InChI=1S/C11H16N2OS/c1-8(12)11(14)13(10-2-3-10)6-9-4-5-15-7-9/h4-5,7-8,10H,2-3,6,12H2,1H3/t8-/m0/s1. The zero-order valence-corrected chi connectivity index (χ0v) is 9.67. The molecular formula is C11H16N2OS. The van der Waals surface area contributed by atoms with Crippen LogP contribution in [0.4, 0.5) is 0 Å². The summed E-state index contributed by atoms with van der Waals surface area (Å²) in [7, 11) is 0. The highest BCUT2D eigenvalue weighted by atomic mass is 32.1. The highest BCUT2D eigenvalue weighted by Gasteiger charge is 2.33. The Kier molecular flexibility index (Phi) is 3.07. The highest BCUT2D eigenvalue weighted by molar-refractivity contribution is 7.07. The summed E-state index contributed by atoms with van der Waals surface area (Å²) in [6.07, 6.45) is 2.26. The van der Waals surface area contributed by atoms with Crippen molar-refractivity contribution in [3.05, 3.63) is 22.4 Å². The zero-order valence-electron chi connectivity index (χ0n) is 8.85. The minimum absolute atomic E-state index is 0.0729. The Morgan fingerprint density at radius 2 is 2.47 bits per heavy atom. The first-order valence-electron chi connectivity index (χ1n) is 5.25. The molecule has 1 fully saturated rings. The Balaban J connectivity index is 2.03. The summed E-state index contributed by atoms with van der Waals surface area (Å²) in [5.74, 6) is 0.0729. The molecule has 0 aliphatic heterocycles. The molecule has 0 spiro atoms. The van der Waals surface area contributed by atoms with Crippen molar-refractivity contribution in [1.29, 1.82) is 0 Å². The molecule has 1 amide bonds. The van der Waals surface area contributed by atoms with Crippen molar-refractivity contribution in [3.8, 4) is 0 Å². The van der Waals surface area contributed by atoms with E-state index in [1.807, 2.05) is 10.3 Å². The van der Waals surface area contributed by atoms with Crippen molar-refractivity contribution in [2.45, 2.75) is 38.4 Å². The van der Waals surface area contributed by atoms with E-state index in [0.717, 1.165) is 12.8 Å². The van der Waals surface area contributed by atoms with Crippen LogP contribution in [0, 0.1) is 0 Å². The number of nitrogens with two attached hydrogens (primary N) is 1. The summed E-state index contributed by atoms with van der Waals surface area (Å²) in [5, 5.41) is 4.13. The van der Waals surface area contributed by atoms with E-state index in [9.17, 15) is 4.79 Å². The SMILES string of the molecule is C[C@H](N)C(=O)N(Cc1ccsc1)C1CC1. The molecule has 0 aromatic carbocycles. The van der Waals surface area contributed by atoms with Crippen LogP contribution in [0.1, 0.15) is 25.3 Å². The minimum Gasteiger partial charge on any atom is -0.334 e. The molecule has 0 unspecified atom stereocenters. The fourth-order valence-electron chi connectivity index (χ4n) is 1.61. The summed E-state index contributed by atoms with van der Waals surface area (Å²) in [5.41, 5.74) is 6.85. The number of carbonyl (C=O) groups excluding carboxylic acids is 1. The van der Waals surface area contributed by atoms with E-state index < -0.39 is 0 Å². The van der Waals surface area contributed by atoms with Gasteiger partial charge in [0.1, 0.15) is 0 Å². The summed E-state index contributed by atoms with van der Waals surface area (Å²) in [6.45, 7) is 2.47. The van der Waals surface area contributed by atoms with Crippen molar-refractivity contribution < 1.29 is 4.79 Å². The lowest BCUT2D eigenvalue weighted by molar-refractivity contribution is -0.133. The largest absolute Gasteiger partial charge is 0.334 e. The van der Waals surface area contributed by atoms with Crippen LogP contribution < -0.4 is 5.73 Å². The van der Waals surface area contributed by atoms with E-state index in [0.29, 0.717) is 12.6 Å². The van der Waals surface area contributed by atoms with Crippen molar-refractivity contribution >= 4 is 17.2 Å². The predicted molar refractivity (Wildman–Crippen MR) is 61.5 cm³/mol. The number of amides is 1. The molecule has 82 valence electrons. The van der Waals surface area contributed by atoms with Crippen molar-refractivity contribution in [2.75, 3.05) is 0 Å². The number of nitrogens with zero attached hydrogens (tertiary/aromatic N) is 1. The first-order valence-corrected chi connectivity index (χ1v) is 6.20. The van der Waals surface area contributed by atoms with Crippen molar-refractivity contribution in [3.63, 3.8) is 0 Å². The van der Waals surface area contributed by atoms with Gasteiger partial charge in [0, 0.05) is 12.6 Å². The number of thiophene rings is 1. The van der Waals surface area contributed by atoms with Gasteiger partial charge < -0.3 is 10.6 Å². The van der Waals surface area contributed by atoms with Crippen LogP contribution >= 0.6 is 11.3 Å². The van der Waals surface area contributed by atoms with E-state index in [1.165, 1.54) is 5.56 Å². The first kappa shape index (κ1) is 10.6. The molecule has 2 N–H and O–H groups in total.